The molecular weight excluding hydrogens is 210 g/mol. The van der Waals surface area contributed by atoms with Crippen molar-refractivity contribution >= 4 is 0 Å². The zero-order valence-corrected chi connectivity index (χ0v) is 9.89. The Labute approximate surface area is 95.4 Å². The van der Waals surface area contributed by atoms with Crippen molar-refractivity contribution in [2.75, 3.05) is 0 Å². The van der Waals surface area contributed by atoms with Gasteiger partial charge in [-0.15, -0.1) is 0 Å². The molecule has 0 saturated heterocycles. The fraction of sp³-hybridized carbons (Fsp3) is 0.462. The zero-order valence-electron chi connectivity index (χ0n) is 9.89. The van der Waals surface area contributed by atoms with Gasteiger partial charge in [0.2, 0.25) is 0 Å². The standard InChI is InChI=1S/C13H17F2O/c1-4-5-10-6-11(9(2)3)8-12(7-10)16-13(14)15/h6-8,13H,4-5H2,1-3H3. The maximum absolute atomic E-state index is 12.1. The number of alkyl halides is 2. The molecule has 0 unspecified atom stereocenters. The van der Waals surface area contributed by atoms with Crippen LogP contribution >= 0.6 is 0 Å². The van der Waals surface area contributed by atoms with E-state index >= 15 is 0 Å². The van der Waals surface area contributed by atoms with E-state index in [4.69, 9.17) is 0 Å². The summed E-state index contributed by atoms with van der Waals surface area (Å²) in [4.78, 5) is 0. The minimum Gasteiger partial charge on any atom is -0.435 e. The Balaban J connectivity index is 2.98. The molecule has 0 aliphatic heterocycles. The summed E-state index contributed by atoms with van der Waals surface area (Å²) in [5, 5.41) is 0. The van der Waals surface area contributed by atoms with E-state index in [1.165, 1.54) is 0 Å². The van der Waals surface area contributed by atoms with Crippen molar-refractivity contribution in [3.8, 4) is 5.75 Å². The van der Waals surface area contributed by atoms with Gasteiger partial charge in [0.15, 0.2) is 0 Å². The number of aryl methyl sites for hydroxylation is 1. The Kier molecular flexibility index (Phi) is 4.71. The molecule has 1 aromatic rings. The van der Waals surface area contributed by atoms with Crippen LogP contribution in [0.5, 0.6) is 5.75 Å². The maximum atomic E-state index is 12.1. The Morgan fingerprint density at radius 1 is 1.25 bits per heavy atom. The van der Waals surface area contributed by atoms with Gasteiger partial charge < -0.3 is 4.74 Å². The number of hydrogen-bond acceptors (Lipinski definition) is 1. The summed E-state index contributed by atoms with van der Waals surface area (Å²) >= 11 is 0. The molecule has 16 heavy (non-hydrogen) atoms. The molecule has 1 aromatic carbocycles. The van der Waals surface area contributed by atoms with Crippen molar-refractivity contribution in [2.45, 2.75) is 40.2 Å². The summed E-state index contributed by atoms with van der Waals surface area (Å²) in [5.74, 6) is 1.34. The molecule has 0 aliphatic rings. The molecule has 0 heterocycles. The van der Waals surface area contributed by atoms with Gasteiger partial charge in [-0.05, 0) is 35.6 Å². The molecule has 0 atom stereocenters. The molecular formula is C13H17F2O. The number of halogens is 2. The molecule has 0 spiro atoms. The van der Waals surface area contributed by atoms with Crippen LogP contribution in [0.1, 0.15) is 38.3 Å². The van der Waals surface area contributed by atoms with E-state index in [0.717, 1.165) is 29.9 Å². The van der Waals surface area contributed by atoms with Gasteiger partial charge in [0, 0.05) is 0 Å². The van der Waals surface area contributed by atoms with Gasteiger partial charge in [0.1, 0.15) is 5.75 Å². The van der Waals surface area contributed by atoms with Crippen molar-refractivity contribution in [1.82, 2.24) is 0 Å². The smallest absolute Gasteiger partial charge is 0.387 e. The molecule has 1 radical (unpaired) electrons. The number of hydrogen-bond donors (Lipinski definition) is 0. The number of benzene rings is 1. The van der Waals surface area contributed by atoms with E-state index in [2.05, 4.69) is 11.7 Å². The fourth-order valence-electron chi connectivity index (χ4n) is 1.55. The Morgan fingerprint density at radius 2 is 1.94 bits per heavy atom. The van der Waals surface area contributed by atoms with Gasteiger partial charge in [-0.25, -0.2) is 0 Å². The van der Waals surface area contributed by atoms with Crippen LogP contribution in [-0.2, 0) is 6.42 Å². The first-order valence-corrected chi connectivity index (χ1v) is 5.42. The second kappa shape index (κ2) is 5.83. The first-order valence-electron chi connectivity index (χ1n) is 5.42. The minimum atomic E-state index is -2.76. The lowest BCUT2D eigenvalue weighted by Gasteiger charge is -2.12. The highest BCUT2D eigenvalue weighted by atomic mass is 19.3. The summed E-state index contributed by atoms with van der Waals surface area (Å²) < 4.78 is 28.7. The molecule has 0 aliphatic carbocycles. The van der Waals surface area contributed by atoms with Gasteiger partial charge in [-0.3, -0.25) is 0 Å². The lowest BCUT2D eigenvalue weighted by Crippen LogP contribution is -2.03. The first kappa shape index (κ1) is 12.9. The molecule has 0 aromatic heterocycles. The molecule has 1 rings (SSSR count). The highest BCUT2D eigenvalue weighted by Gasteiger charge is 2.09. The lowest BCUT2D eigenvalue weighted by molar-refractivity contribution is -0.0499. The van der Waals surface area contributed by atoms with Crippen LogP contribution in [0.15, 0.2) is 18.2 Å². The van der Waals surface area contributed by atoms with Crippen LogP contribution in [0.25, 0.3) is 0 Å². The summed E-state index contributed by atoms with van der Waals surface area (Å²) in [5.41, 5.74) is 2.00. The second-order valence-electron chi connectivity index (χ2n) is 3.99. The molecule has 0 amide bonds. The van der Waals surface area contributed by atoms with Gasteiger partial charge in [-0.2, -0.15) is 8.78 Å². The monoisotopic (exact) mass is 227 g/mol. The van der Waals surface area contributed by atoms with Crippen LogP contribution in [0.3, 0.4) is 0 Å². The van der Waals surface area contributed by atoms with Crippen molar-refractivity contribution in [3.05, 3.63) is 35.2 Å². The average molecular weight is 227 g/mol. The van der Waals surface area contributed by atoms with E-state index in [9.17, 15) is 8.78 Å². The number of rotatable bonds is 5. The third-order valence-corrected chi connectivity index (χ3v) is 2.31. The molecule has 1 nitrogen and oxygen atoms in total. The van der Waals surface area contributed by atoms with Gasteiger partial charge in [0.05, 0.1) is 0 Å². The molecule has 0 saturated carbocycles. The van der Waals surface area contributed by atoms with Crippen LogP contribution in [0.4, 0.5) is 8.78 Å². The van der Waals surface area contributed by atoms with Crippen molar-refractivity contribution in [2.24, 2.45) is 0 Å². The second-order valence-corrected chi connectivity index (χ2v) is 3.99. The Bertz CT molecular complexity index is 335. The SMILES string of the molecule is CCCc1cc(OC(F)F)cc([C](C)C)c1. The Hall–Kier alpha value is -1.12. The van der Waals surface area contributed by atoms with E-state index in [-0.39, 0.29) is 5.75 Å². The lowest BCUT2D eigenvalue weighted by atomic mass is 9.98. The average Bonchev–Trinajstić information content (AvgIpc) is 2.16. The number of ether oxygens (including phenoxy) is 1. The van der Waals surface area contributed by atoms with E-state index in [1.54, 1.807) is 12.1 Å². The van der Waals surface area contributed by atoms with Crippen LogP contribution in [0.2, 0.25) is 0 Å². The largest absolute Gasteiger partial charge is 0.435 e. The summed E-state index contributed by atoms with van der Waals surface area (Å²) in [6.07, 6.45) is 1.86. The topological polar surface area (TPSA) is 9.23 Å². The first-order chi connectivity index (χ1) is 7.52. The van der Waals surface area contributed by atoms with Crippen molar-refractivity contribution < 1.29 is 13.5 Å². The molecule has 0 N–H and O–H groups in total. The Morgan fingerprint density at radius 3 is 2.44 bits per heavy atom. The van der Waals surface area contributed by atoms with Crippen LogP contribution in [0, 0.1) is 5.92 Å². The van der Waals surface area contributed by atoms with E-state index in [1.807, 2.05) is 19.9 Å². The van der Waals surface area contributed by atoms with Crippen molar-refractivity contribution in [3.63, 3.8) is 0 Å². The van der Waals surface area contributed by atoms with Gasteiger partial charge >= 0.3 is 6.61 Å². The summed E-state index contributed by atoms with van der Waals surface area (Å²) in [6, 6.07) is 5.36. The highest BCUT2D eigenvalue weighted by molar-refractivity contribution is 5.40. The van der Waals surface area contributed by atoms with Gasteiger partial charge in [-0.1, -0.05) is 33.3 Å². The van der Waals surface area contributed by atoms with Crippen molar-refractivity contribution in [1.29, 1.82) is 0 Å². The molecule has 0 fully saturated rings. The third-order valence-electron chi connectivity index (χ3n) is 2.31. The summed E-state index contributed by atoms with van der Waals surface area (Å²) in [6.45, 7) is 3.21. The highest BCUT2D eigenvalue weighted by Crippen LogP contribution is 2.24. The zero-order chi connectivity index (χ0) is 12.1. The maximum Gasteiger partial charge on any atom is 0.387 e. The molecule has 0 bridgehead atoms. The normalized spacial score (nSPS) is 11.2. The van der Waals surface area contributed by atoms with Gasteiger partial charge in [0.25, 0.3) is 0 Å². The quantitative estimate of drug-likeness (QED) is 0.732. The predicted octanol–water partition coefficient (Wildman–Crippen LogP) is 4.20. The minimum absolute atomic E-state index is 0.247. The fourth-order valence-corrected chi connectivity index (χ4v) is 1.55. The predicted molar refractivity (Wildman–Crippen MR) is 60.8 cm³/mol. The van der Waals surface area contributed by atoms with Crippen LogP contribution in [-0.4, -0.2) is 6.61 Å². The molecule has 3 heteroatoms. The summed E-state index contributed by atoms with van der Waals surface area (Å²) in [7, 11) is 0. The van der Waals surface area contributed by atoms with Crippen LogP contribution < -0.4 is 4.74 Å². The molecule has 89 valence electrons. The van der Waals surface area contributed by atoms with E-state index in [0.29, 0.717) is 0 Å². The van der Waals surface area contributed by atoms with E-state index < -0.39 is 6.61 Å². The third kappa shape index (κ3) is 3.80.